The van der Waals surface area contributed by atoms with Gasteiger partial charge in [-0.3, -0.25) is 0 Å². The predicted octanol–water partition coefficient (Wildman–Crippen LogP) is 2.51. The molecule has 3 rings (SSSR count). The Hall–Kier alpha value is -1.27. The number of halogens is 2. The molecule has 1 aromatic heterocycles. The number of nitrogens with one attached hydrogen (secondary N) is 1. The van der Waals surface area contributed by atoms with Gasteiger partial charge < -0.3 is 9.88 Å². The molecule has 2 heterocycles. The number of rotatable bonds is 1. The van der Waals surface area contributed by atoms with Crippen molar-refractivity contribution >= 4 is 15.9 Å². The summed E-state index contributed by atoms with van der Waals surface area (Å²) in [6, 6.07) is 5.06. The summed E-state index contributed by atoms with van der Waals surface area (Å²) in [5.74, 6) is 1.15. The van der Waals surface area contributed by atoms with Gasteiger partial charge in [0, 0.05) is 17.6 Å². The second kappa shape index (κ2) is 4.44. The molecule has 0 spiro atoms. The highest BCUT2D eigenvalue weighted by Crippen LogP contribution is 2.31. The molecule has 1 aromatic carbocycles. The molecule has 1 aliphatic heterocycles. The van der Waals surface area contributed by atoms with E-state index in [0.29, 0.717) is 15.9 Å². The summed E-state index contributed by atoms with van der Waals surface area (Å²) in [5.41, 5.74) is 0.477. The van der Waals surface area contributed by atoms with Crippen molar-refractivity contribution in [2.45, 2.75) is 19.5 Å². The Morgan fingerprint density at radius 3 is 3.06 bits per heavy atom. The minimum Gasteiger partial charge on any atom is -0.308 e. The lowest BCUT2D eigenvalue weighted by atomic mass is 10.2. The summed E-state index contributed by atoms with van der Waals surface area (Å²) < 4.78 is 16.6. The van der Waals surface area contributed by atoms with Crippen molar-refractivity contribution in [1.29, 1.82) is 0 Å². The van der Waals surface area contributed by atoms with E-state index in [2.05, 4.69) is 31.4 Å². The highest BCUT2D eigenvalue weighted by molar-refractivity contribution is 9.10. The number of aromatic nitrogens is 3. The lowest BCUT2D eigenvalue weighted by Gasteiger charge is -2.22. The van der Waals surface area contributed by atoms with Crippen molar-refractivity contribution in [3.05, 3.63) is 34.3 Å². The van der Waals surface area contributed by atoms with Gasteiger partial charge in [0.2, 0.25) is 0 Å². The van der Waals surface area contributed by atoms with Crippen LogP contribution in [0.25, 0.3) is 11.4 Å². The number of benzene rings is 1. The SMILES string of the molecule is CC1NCCn2c(-c3c(F)cccc3Br)nnc21. The lowest BCUT2D eigenvalue weighted by molar-refractivity contribution is 0.438. The van der Waals surface area contributed by atoms with Gasteiger partial charge in [-0.1, -0.05) is 6.07 Å². The molecule has 2 aromatic rings. The Kier molecular flexibility index (Phi) is 2.91. The maximum atomic E-state index is 14.0. The molecule has 0 radical (unpaired) electrons. The van der Waals surface area contributed by atoms with E-state index in [-0.39, 0.29) is 11.9 Å². The third-order valence-electron chi connectivity index (χ3n) is 3.14. The fraction of sp³-hybridized carbons (Fsp3) is 0.333. The maximum Gasteiger partial charge on any atom is 0.168 e. The number of hydrogen-bond acceptors (Lipinski definition) is 3. The van der Waals surface area contributed by atoms with Crippen LogP contribution < -0.4 is 5.32 Å². The molecule has 1 aliphatic rings. The highest BCUT2D eigenvalue weighted by Gasteiger charge is 2.24. The van der Waals surface area contributed by atoms with E-state index < -0.39 is 0 Å². The van der Waals surface area contributed by atoms with Crippen molar-refractivity contribution in [2.75, 3.05) is 6.54 Å². The minimum absolute atomic E-state index is 0.144. The fourth-order valence-electron chi connectivity index (χ4n) is 2.24. The summed E-state index contributed by atoms with van der Waals surface area (Å²) >= 11 is 3.37. The van der Waals surface area contributed by atoms with Crippen molar-refractivity contribution in [2.24, 2.45) is 0 Å². The minimum atomic E-state index is -0.286. The topological polar surface area (TPSA) is 42.7 Å². The summed E-state index contributed by atoms with van der Waals surface area (Å²) in [4.78, 5) is 0. The van der Waals surface area contributed by atoms with Crippen LogP contribution in [-0.4, -0.2) is 21.3 Å². The molecule has 6 heteroatoms. The molecule has 1 N–H and O–H groups in total. The Balaban J connectivity index is 2.19. The quantitative estimate of drug-likeness (QED) is 0.880. The summed E-state index contributed by atoms with van der Waals surface area (Å²) in [7, 11) is 0. The Labute approximate surface area is 112 Å². The summed E-state index contributed by atoms with van der Waals surface area (Å²) in [5, 5.41) is 11.6. The first-order chi connectivity index (χ1) is 8.68. The second-order valence-electron chi connectivity index (χ2n) is 4.31. The summed E-state index contributed by atoms with van der Waals surface area (Å²) in [6.45, 7) is 3.62. The molecule has 0 saturated carbocycles. The van der Waals surface area contributed by atoms with Crippen LogP contribution in [0.1, 0.15) is 18.8 Å². The van der Waals surface area contributed by atoms with Gasteiger partial charge in [-0.05, 0) is 35.0 Å². The highest BCUT2D eigenvalue weighted by atomic mass is 79.9. The molecule has 18 heavy (non-hydrogen) atoms. The van der Waals surface area contributed by atoms with E-state index in [0.717, 1.165) is 18.9 Å². The first kappa shape index (κ1) is 11.8. The maximum absolute atomic E-state index is 14.0. The van der Waals surface area contributed by atoms with Crippen LogP contribution in [0, 0.1) is 5.82 Å². The van der Waals surface area contributed by atoms with Gasteiger partial charge >= 0.3 is 0 Å². The Bertz CT molecular complexity index is 576. The van der Waals surface area contributed by atoms with Crippen LogP contribution in [0.3, 0.4) is 0 Å². The van der Waals surface area contributed by atoms with E-state index in [9.17, 15) is 4.39 Å². The molecule has 0 saturated heterocycles. The summed E-state index contributed by atoms with van der Waals surface area (Å²) in [6.07, 6.45) is 0. The molecule has 1 atom stereocenters. The van der Waals surface area contributed by atoms with Crippen LogP contribution in [-0.2, 0) is 6.54 Å². The molecular weight excluding hydrogens is 299 g/mol. The van der Waals surface area contributed by atoms with Gasteiger partial charge in [0.05, 0.1) is 11.6 Å². The van der Waals surface area contributed by atoms with E-state index in [1.54, 1.807) is 6.07 Å². The zero-order chi connectivity index (χ0) is 12.7. The van der Waals surface area contributed by atoms with Crippen molar-refractivity contribution in [1.82, 2.24) is 20.1 Å². The lowest BCUT2D eigenvalue weighted by Crippen LogP contribution is -2.32. The molecule has 4 nitrogen and oxygen atoms in total. The first-order valence-corrected chi connectivity index (χ1v) is 6.58. The second-order valence-corrected chi connectivity index (χ2v) is 5.16. The molecule has 0 fully saturated rings. The van der Waals surface area contributed by atoms with Gasteiger partial charge in [-0.2, -0.15) is 0 Å². The number of hydrogen-bond donors (Lipinski definition) is 1. The van der Waals surface area contributed by atoms with Crippen LogP contribution in [0.15, 0.2) is 22.7 Å². The van der Waals surface area contributed by atoms with Crippen LogP contribution >= 0.6 is 15.9 Å². The van der Waals surface area contributed by atoms with Crippen molar-refractivity contribution < 1.29 is 4.39 Å². The van der Waals surface area contributed by atoms with Gasteiger partial charge in [-0.25, -0.2) is 4.39 Å². The van der Waals surface area contributed by atoms with Gasteiger partial charge in [0.1, 0.15) is 11.6 Å². The van der Waals surface area contributed by atoms with Gasteiger partial charge in [-0.15, -0.1) is 10.2 Å². The van der Waals surface area contributed by atoms with E-state index >= 15 is 0 Å². The van der Waals surface area contributed by atoms with Gasteiger partial charge in [0.25, 0.3) is 0 Å². The van der Waals surface area contributed by atoms with Crippen LogP contribution in [0.5, 0.6) is 0 Å². The van der Waals surface area contributed by atoms with Gasteiger partial charge in [0.15, 0.2) is 5.82 Å². The monoisotopic (exact) mass is 310 g/mol. The Morgan fingerprint density at radius 2 is 2.28 bits per heavy atom. The van der Waals surface area contributed by atoms with E-state index in [1.807, 2.05) is 17.6 Å². The number of fused-ring (bicyclic) bond motifs is 1. The Morgan fingerprint density at radius 1 is 1.44 bits per heavy atom. The third-order valence-corrected chi connectivity index (χ3v) is 3.80. The molecule has 0 amide bonds. The normalized spacial score (nSPS) is 18.7. The molecule has 0 bridgehead atoms. The van der Waals surface area contributed by atoms with Crippen molar-refractivity contribution in [3.8, 4) is 11.4 Å². The zero-order valence-electron chi connectivity index (χ0n) is 9.82. The smallest absolute Gasteiger partial charge is 0.168 e. The standard InChI is InChI=1S/C12H12BrFN4/c1-7-11-16-17-12(18(11)6-5-15-7)10-8(13)3-2-4-9(10)14/h2-4,7,15H,5-6H2,1H3. The average molecular weight is 311 g/mol. The average Bonchev–Trinajstić information content (AvgIpc) is 2.75. The largest absolute Gasteiger partial charge is 0.308 e. The third kappa shape index (κ3) is 1.76. The van der Waals surface area contributed by atoms with E-state index in [1.165, 1.54) is 6.07 Å². The zero-order valence-corrected chi connectivity index (χ0v) is 11.4. The fourth-order valence-corrected chi connectivity index (χ4v) is 2.76. The molecule has 0 aliphatic carbocycles. The first-order valence-electron chi connectivity index (χ1n) is 5.79. The van der Waals surface area contributed by atoms with Crippen LogP contribution in [0.4, 0.5) is 4.39 Å². The van der Waals surface area contributed by atoms with Crippen molar-refractivity contribution in [3.63, 3.8) is 0 Å². The number of nitrogens with zero attached hydrogens (tertiary/aromatic N) is 3. The van der Waals surface area contributed by atoms with E-state index in [4.69, 9.17) is 0 Å². The predicted molar refractivity (Wildman–Crippen MR) is 69.5 cm³/mol. The van der Waals surface area contributed by atoms with Crippen LogP contribution in [0.2, 0.25) is 0 Å². The molecule has 1 unspecified atom stereocenters. The molecule has 94 valence electrons. The molecular formula is C12H12BrFN4.